The zero-order valence-corrected chi connectivity index (χ0v) is 17.3. The standard InChI is InChI=1S/C27H26O3/c1-3-29-26(28)22-9-11-23(12-10-22)27(17-20(2)18-27)24-13-15-25(16-14-24)30-19-21-7-5-4-6-8-21/h4-16H,2-3,17-19H2,1H3. The minimum atomic E-state index is -0.281. The maximum absolute atomic E-state index is 12.0. The van der Waals surface area contributed by atoms with Crippen LogP contribution < -0.4 is 4.74 Å². The average Bonchev–Trinajstić information content (AvgIpc) is 2.77. The molecule has 0 atom stereocenters. The van der Waals surface area contributed by atoms with E-state index in [1.165, 1.54) is 16.7 Å². The van der Waals surface area contributed by atoms with Gasteiger partial charge in [0.2, 0.25) is 0 Å². The lowest BCUT2D eigenvalue weighted by Gasteiger charge is -2.45. The molecule has 0 bridgehead atoms. The van der Waals surface area contributed by atoms with Crippen molar-refractivity contribution in [1.29, 1.82) is 0 Å². The number of rotatable bonds is 7. The van der Waals surface area contributed by atoms with Gasteiger partial charge < -0.3 is 9.47 Å². The Morgan fingerprint density at radius 1 is 0.900 bits per heavy atom. The van der Waals surface area contributed by atoms with E-state index in [0.29, 0.717) is 18.8 Å². The Balaban J connectivity index is 1.52. The minimum Gasteiger partial charge on any atom is -0.489 e. The second-order valence-electron chi connectivity index (χ2n) is 7.78. The summed E-state index contributed by atoms with van der Waals surface area (Å²) in [6, 6.07) is 26.3. The molecule has 0 N–H and O–H groups in total. The first-order valence-electron chi connectivity index (χ1n) is 10.3. The van der Waals surface area contributed by atoms with Gasteiger partial charge >= 0.3 is 5.97 Å². The lowest BCUT2D eigenvalue weighted by Crippen LogP contribution is -2.37. The number of esters is 1. The summed E-state index contributed by atoms with van der Waals surface area (Å²) in [5.41, 5.74) is 5.32. The Hall–Kier alpha value is -3.33. The Kier molecular flexibility index (Phi) is 5.71. The average molecular weight is 399 g/mol. The van der Waals surface area contributed by atoms with Crippen LogP contribution in [0, 0.1) is 0 Å². The predicted molar refractivity (Wildman–Crippen MR) is 119 cm³/mol. The second kappa shape index (κ2) is 8.58. The number of carbonyl (C=O) groups is 1. The zero-order valence-electron chi connectivity index (χ0n) is 17.3. The van der Waals surface area contributed by atoms with Gasteiger partial charge in [0, 0.05) is 5.41 Å². The molecular formula is C27H26O3. The molecule has 4 rings (SSSR count). The van der Waals surface area contributed by atoms with Crippen LogP contribution in [0.3, 0.4) is 0 Å². The van der Waals surface area contributed by atoms with Crippen molar-refractivity contribution in [2.75, 3.05) is 6.61 Å². The van der Waals surface area contributed by atoms with Gasteiger partial charge in [-0.05, 0) is 60.7 Å². The summed E-state index contributed by atoms with van der Waals surface area (Å²) >= 11 is 0. The van der Waals surface area contributed by atoms with E-state index in [0.717, 1.165) is 24.2 Å². The molecule has 0 unspecified atom stereocenters. The topological polar surface area (TPSA) is 35.5 Å². The van der Waals surface area contributed by atoms with Crippen LogP contribution in [-0.2, 0) is 16.8 Å². The highest BCUT2D eigenvalue weighted by molar-refractivity contribution is 5.89. The van der Waals surface area contributed by atoms with Gasteiger partial charge in [-0.2, -0.15) is 0 Å². The summed E-state index contributed by atoms with van der Waals surface area (Å²) < 4.78 is 11.0. The van der Waals surface area contributed by atoms with Crippen molar-refractivity contribution in [3.63, 3.8) is 0 Å². The highest BCUT2D eigenvalue weighted by Gasteiger charge is 2.42. The number of allylic oxidation sites excluding steroid dienone is 1. The second-order valence-corrected chi connectivity index (χ2v) is 7.78. The molecule has 0 radical (unpaired) electrons. The number of ether oxygens (including phenoxy) is 2. The molecule has 0 heterocycles. The SMILES string of the molecule is C=C1CC(c2ccc(OCc3ccccc3)cc2)(c2ccc(C(=O)OCC)cc2)C1. The molecule has 3 heteroatoms. The van der Waals surface area contributed by atoms with Gasteiger partial charge in [-0.3, -0.25) is 0 Å². The molecule has 1 saturated carbocycles. The molecule has 1 aliphatic carbocycles. The van der Waals surface area contributed by atoms with Crippen LogP contribution in [0.1, 0.15) is 46.8 Å². The van der Waals surface area contributed by atoms with Crippen molar-refractivity contribution in [2.24, 2.45) is 0 Å². The molecule has 1 aliphatic rings. The molecule has 1 fully saturated rings. The molecule has 3 aromatic carbocycles. The third-order valence-corrected chi connectivity index (χ3v) is 5.71. The Labute approximate surface area is 178 Å². The molecule has 0 amide bonds. The summed E-state index contributed by atoms with van der Waals surface area (Å²) in [4.78, 5) is 12.0. The van der Waals surface area contributed by atoms with Crippen molar-refractivity contribution < 1.29 is 14.3 Å². The van der Waals surface area contributed by atoms with Crippen molar-refractivity contribution in [3.05, 3.63) is 113 Å². The fourth-order valence-corrected chi connectivity index (χ4v) is 4.13. The van der Waals surface area contributed by atoms with E-state index in [1.54, 1.807) is 0 Å². The van der Waals surface area contributed by atoms with Crippen LogP contribution in [0.15, 0.2) is 91.0 Å². The van der Waals surface area contributed by atoms with Crippen molar-refractivity contribution in [1.82, 2.24) is 0 Å². The van der Waals surface area contributed by atoms with E-state index in [4.69, 9.17) is 9.47 Å². The minimum absolute atomic E-state index is 0.0950. The monoisotopic (exact) mass is 398 g/mol. The largest absolute Gasteiger partial charge is 0.489 e. The van der Waals surface area contributed by atoms with E-state index >= 15 is 0 Å². The first-order chi connectivity index (χ1) is 14.6. The van der Waals surface area contributed by atoms with Crippen molar-refractivity contribution in [3.8, 4) is 5.75 Å². The molecule has 0 aromatic heterocycles. The molecule has 3 nitrogen and oxygen atoms in total. The molecule has 3 aromatic rings. The fourth-order valence-electron chi connectivity index (χ4n) is 4.13. The Bertz CT molecular complexity index is 1010. The first kappa shape index (κ1) is 20.0. The summed E-state index contributed by atoms with van der Waals surface area (Å²) in [5, 5.41) is 0. The highest BCUT2D eigenvalue weighted by atomic mass is 16.5. The van der Waals surface area contributed by atoms with Gasteiger partial charge in [0.15, 0.2) is 0 Å². The fraction of sp³-hybridized carbons (Fsp3) is 0.222. The Morgan fingerprint density at radius 3 is 2.07 bits per heavy atom. The van der Waals surface area contributed by atoms with Gasteiger partial charge in [0.1, 0.15) is 12.4 Å². The number of hydrogen-bond donors (Lipinski definition) is 0. The smallest absolute Gasteiger partial charge is 0.338 e. The third-order valence-electron chi connectivity index (χ3n) is 5.71. The number of benzene rings is 3. The van der Waals surface area contributed by atoms with E-state index in [1.807, 2.05) is 61.5 Å². The third kappa shape index (κ3) is 4.02. The normalized spacial score (nSPS) is 14.6. The summed E-state index contributed by atoms with van der Waals surface area (Å²) in [6.07, 6.45) is 1.83. The van der Waals surface area contributed by atoms with Crippen molar-refractivity contribution >= 4 is 5.97 Å². The van der Waals surface area contributed by atoms with E-state index < -0.39 is 0 Å². The van der Waals surface area contributed by atoms with E-state index in [9.17, 15) is 4.79 Å². The van der Waals surface area contributed by atoms with Gasteiger partial charge in [-0.1, -0.05) is 66.7 Å². The molecule has 0 aliphatic heterocycles. The predicted octanol–water partition coefficient (Wildman–Crippen LogP) is 6.08. The molecular weight excluding hydrogens is 372 g/mol. The highest BCUT2D eigenvalue weighted by Crippen LogP contribution is 2.51. The quantitative estimate of drug-likeness (QED) is 0.357. The molecule has 0 spiro atoms. The van der Waals surface area contributed by atoms with E-state index in [-0.39, 0.29) is 11.4 Å². The van der Waals surface area contributed by atoms with Gasteiger partial charge in [-0.25, -0.2) is 4.79 Å². The summed E-state index contributed by atoms with van der Waals surface area (Å²) in [7, 11) is 0. The van der Waals surface area contributed by atoms with Crippen LogP contribution in [0.25, 0.3) is 0 Å². The lowest BCUT2D eigenvalue weighted by atomic mass is 9.58. The van der Waals surface area contributed by atoms with Crippen LogP contribution in [0.4, 0.5) is 0 Å². The summed E-state index contributed by atoms with van der Waals surface area (Å²) in [6.45, 7) is 6.90. The Morgan fingerprint density at radius 2 is 1.50 bits per heavy atom. The maximum Gasteiger partial charge on any atom is 0.338 e. The van der Waals surface area contributed by atoms with Gasteiger partial charge in [-0.15, -0.1) is 0 Å². The van der Waals surface area contributed by atoms with Crippen LogP contribution in [0.5, 0.6) is 5.75 Å². The zero-order chi connectivity index (χ0) is 21.0. The lowest BCUT2D eigenvalue weighted by molar-refractivity contribution is 0.0526. The first-order valence-corrected chi connectivity index (χ1v) is 10.3. The van der Waals surface area contributed by atoms with Gasteiger partial charge in [0.25, 0.3) is 0 Å². The molecule has 30 heavy (non-hydrogen) atoms. The van der Waals surface area contributed by atoms with Crippen LogP contribution in [0.2, 0.25) is 0 Å². The van der Waals surface area contributed by atoms with Crippen molar-refractivity contribution in [2.45, 2.75) is 31.8 Å². The maximum atomic E-state index is 12.0. The number of carbonyl (C=O) groups excluding carboxylic acids is 1. The number of hydrogen-bond acceptors (Lipinski definition) is 3. The van der Waals surface area contributed by atoms with Crippen LogP contribution >= 0.6 is 0 Å². The van der Waals surface area contributed by atoms with Gasteiger partial charge in [0.05, 0.1) is 12.2 Å². The van der Waals surface area contributed by atoms with E-state index in [2.05, 4.69) is 30.8 Å². The van der Waals surface area contributed by atoms with Crippen LogP contribution in [-0.4, -0.2) is 12.6 Å². The summed E-state index contributed by atoms with van der Waals surface area (Å²) in [5.74, 6) is 0.574. The molecule has 0 saturated heterocycles. The molecule has 152 valence electrons.